The summed E-state index contributed by atoms with van der Waals surface area (Å²) in [7, 11) is 0. The van der Waals surface area contributed by atoms with Gasteiger partial charge in [0.1, 0.15) is 4.99 Å². The third-order valence-corrected chi connectivity index (χ3v) is 3.81. The molecular weight excluding hydrogens is 288 g/mol. The number of para-hydroxylation sites is 1. The molecule has 3 N–H and O–H groups in total. The van der Waals surface area contributed by atoms with Crippen LogP contribution in [0.3, 0.4) is 0 Å². The lowest BCUT2D eigenvalue weighted by Crippen LogP contribution is -2.18. The van der Waals surface area contributed by atoms with Crippen LogP contribution in [0.15, 0.2) is 59.5 Å². The van der Waals surface area contributed by atoms with Crippen molar-refractivity contribution in [3.05, 3.63) is 60.2 Å². The Morgan fingerprint density at radius 2 is 1.75 bits per heavy atom. The van der Waals surface area contributed by atoms with Crippen LogP contribution in [0.4, 0.5) is 5.69 Å². The molecule has 0 spiro atoms. The molecule has 2 aromatic carbocycles. The summed E-state index contributed by atoms with van der Waals surface area (Å²) in [5.41, 5.74) is 6.96. The van der Waals surface area contributed by atoms with Crippen molar-refractivity contribution >= 4 is 40.6 Å². The van der Waals surface area contributed by atoms with Crippen LogP contribution in [0, 0.1) is 0 Å². The van der Waals surface area contributed by atoms with Crippen molar-refractivity contribution in [1.82, 2.24) is 0 Å². The zero-order valence-electron chi connectivity index (χ0n) is 10.7. The average Bonchev–Trinajstić information content (AvgIpc) is 2.46. The van der Waals surface area contributed by atoms with E-state index in [1.54, 1.807) is 12.1 Å². The Labute approximate surface area is 127 Å². The fourth-order valence-corrected chi connectivity index (χ4v) is 2.56. The first-order valence-electron chi connectivity index (χ1n) is 6.03. The van der Waals surface area contributed by atoms with Crippen LogP contribution >= 0.6 is 24.0 Å². The van der Waals surface area contributed by atoms with E-state index in [1.165, 1.54) is 11.8 Å². The van der Waals surface area contributed by atoms with Gasteiger partial charge in [-0.1, -0.05) is 42.5 Å². The predicted molar refractivity (Wildman–Crippen MR) is 88.1 cm³/mol. The summed E-state index contributed by atoms with van der Waals surface area (Å²) in [6.45, 7) is 0. The van der Waals surface area contributed by atoms with E-state index in [-0.39, 0.29) is 10.9 Å². The molecule has 0 unspecified atom stereocenters. The molecule has 0 aliphatic rings. The summed E-state index contributed by atoms with van der Waals surface area (Å²) in [5.74, 6) is 0.262. The Morgan fingerprint density at radius 3 is 2.45 bits per heavy atom. The molecule has 0 fully saturated rings. The van der Waals surface area contributed by atoms with Gasteiger partial charge < -0.3 is 11.1 Å². The molecule has 1 amide bonds. The monoisotopic (exact) mass is 302 g/mol. The van der Waals surface area contributed by atoms with E-state index >= 15 is 0 Å². The Kier molecular flexibility index (Phi) is 5.15. The number of nitrogens with two attached hydrogens (primary N) is 1. The number of nitrogens with one attached hydrogen (secondary N) is 1. The number of carbonyl (C=O) groups excluding carboxylic acids is 1. The Hall–Kier alpha value is -1.85. The molecule has 2 rings (SSSR count). The summed E-state index contributed by atoms with van der Waals surface area (Å²) < 4.78 is 0. The number of thiocarbonyl (C=S) groups is 1. The Morgan fingerprint density at radius 1 is 1.10 bits per heavy atom. The van der Waals surface area contributed by atoms with Crippen LogP contribution in [0.1, 0.15) is 5.56 Å². The molecule has 0 saturated heterocycles. The van der Waals surface area contributed by atoms with E-state index in [2.05, 4.69) is 5.32 Å². The zero-order valence-corrected chi connectivity index (χ0v) is 12.3. The quantitative estimate of drug-likeness (QED) is 0.658. The maximum Gasteiger partial charge on any atom is 0.234 e. The van der Waals surface area contributed by atoms with E-state index in [1.807, 2.05) is 42.5 Å². The van der Waals surface area contributed by atoms with Crippen LogP contribution in [-0.4, -0.2) is 16.6 Å². The average molecular weight is 302 g/mol. The molecular formula is C15H14N2OS2. The SMILES string of the molecule is NC(=S)c1ccccc1NC(=O)CSc1ccccc1. The first-order chi connectivity index (χ1) is 9.66. The number of carbonyl (C=O) groups is 1. The summed E-state index contributed by atoms with van der Waals surface area (Å²) in [6, 6.07) is 17.0. The first kappa shape index (κ1) is 14.6. The summed E-state index contributed by atoms with van der Waals surface area (Å²) in [5, 5.41) is 2.83. The molecule has 2 aromatic rings. The fourth-order valence-electron chi connectivity index (χ4n) is 1.66. The van der Waals surface area contributed by atoms with Gasteiger partial charge in [0.15, 0.2) is 0 Å². The van der Waals surface area contributed by atoms with Crippen molar-refractivity contribution < 1.29 is 4.79 Å². The van der Waals surface area contributed by atoms with Crippen molar-refractivity contribution in [1.29, 1.82) is 0 Å². The van der Waals surface area contributed by atoms with E-state index in [9.17, 15) is 4.79 Å². The molecule has 0 aliphatic heterocycles. The second kappa shape index (κ2) is 7.07. The molecule has 0 saturated carbocycles. The van der Waals surface area contributed by atoms with Gasteiger partial charge in [-0.15, -0.1) is 11.8 Å². The predicted octanol–water partition coefficient (Wildman–Crippen LogP) is 3.05. The lowest BCUT2D eigenvalue weighted by molar-refractivity contribution is -0.113. The molecule has 0 heterocycles. The third kappa shape index (κ3) is 4.08. The number of rotatable bonds is 5. The van der Waals surface area contributed by atoms with Gasteiger partial charge in [-0.3, -0.25) is 4.79 Å². The molecule has 0 aromatic heterocycles. The Bertz CT molecular complexity index is 614. The minimum atomic E-state index is -0.0810. The topological polar surface area (TPSA) is 55.1 Å². The van der Waals surface area contributed by atoms with Gasteiger partial charge in [0.2, 0.25) is 5.91 Å². The largest absolute Gasteiger partial charge is 0.389 e. The molecule has 5 heteroatoms. The number of thioether (sulfide) groups is 1. The van der Waals surface area contributed by atoms with Gasteiger partial charge in [0.05, 0.1) is 11.4 Å². The van der Waals surface area contributed by atoms with Gasteiger partial charge in [0.25, 0.3) is 0 Å². The highest BCUT2D eigenvalue weighted by Gasteiger charge is 2.08. The van der Waals surface area contributed by atoms with Crippen molar-refractivity contribution in [2.24, 2.45) is 5.73 Å². The number of hydrogen-bond acceptors (Lipinski definition) is 3. The van der Waals surface area contributed by atoms with E-state index in [0.717, 1.165) is 4.90 Å². The maximum atomic E-state index is 11.9. The number of anilines is 1. The molecule has 0 atom stereocenters. The van der Waals surface area contributed by atoms with Gasteiger partial charge in [-0.25, -0.2) is 0 Å². The van der Waals surface area contributed by atoms with Gasteiger partial charge in [0, 0.05) is 10.5 Å². The highest BCUT2D eigenvalue weighted by atomic mass is 32.2. The van der Waals surface area contributed by atoms with E-state index in [4.69, 9.17) is 18.0 Å². The number of benzene rings is 2. The van der Waals surface area contributed by atoms with Crippen molar-refractivity contribution in [3.63, 3.8) is 0 Å². The van der Waals surface area contributed by atoms with Gasteiger partial charge in [-0.2, -0.15) is 0 Å². The lowest BCUT2D eigenvalue weighted by atomic mass is 10.2. The van der Waals surface area contributed by atoms with Gasteiger partial charge in [-0.05, 0) is 24.3 Å². The Balaban J connectivity index is 1.97. The second-order valence-corrected chi connectivity index (χ2v) is 5.55. The summed E-state index contributed by atoms with van der Waals surface area (Å²) >= 11 is 6.45. The minimum absolute atomic E-state index is 0.0810. The van der Waals surface area contributed by atoms with Crippen molar-refractivity contribution in [2.75, 3.05) is 11.1 Å². The highest BCUT2D eigenvalue weighted by molar-refractivity contribution is 8.00. The lowest BCUT2D eigenvalue weighted by Gasteiger charge is -2.09. The molecule has 20 heavy (non-hydrogen) atoms. The van der Waals surface area contributed by atoms with Crippen LogP contribution in [-0.2, 0) is 4.79 Å². The molecule has 0 aliphatic carbocycles. The minimum Gasteiger partial charge on any atom is -0.389 e. The van der Waals surface area contributed by atoms with E-state index < -0.39 is 0 Å². The zero-order chi connectivity index (χ0) is 14.4. The number of amides is 1. The third-order valence-electron chi connectivity index (χ3n) is 2.58. The smallest absolute Gasteiger partial charge is 0.234 e. The molecule has 3 nitrogen and oxygen atoms in total. The van der Waals surface area contributed by atoms with Crippen molar-refractivity contribution in [3.8, 4) is 0 Å². The first-order valence-corrected chi connectivity index (χ1v) is 7.43. The maximum absolute atomic E-state index is 11.9. The van der Waals surface area contributed by atoms with E-state index in [0.29, 0.717) is 17.0 Å². The van der Waals surface area contributed by atoms with Crippen LogP contribution in [0.2, 0.25) is 0 Å². The summed E-state index contributed by atoms with van der Waals surface area (Å²) in [6.07, 6.45) is 0. The number of hydrogen-bond donors (Lipinski definition) is 2. The van der Waals surface area contributed by atoms with Crippen LogP contribution in [0.5, 0.6) is 0 Å². The standard InChI is InChI=1S/C15H14N2OS2/c16-15(19)12-8-4-5-9-13(12)17-14(18)10-20-11-6-2-1-3-7-11/h1-9H,10H2,(H2,16,19)(H,17,18). The molecule has 102 valence electrons. The van der Waals surface area contributed by atoms with Crippen molar-refractivity contribution in [2.45, 2.75) is 4.90 Å². The highest BCUT2D eigenvalue weighted by Crippen LogP contribution is 2.19. The summed E-state index contributed by atoms with van der Waals surface area (Å²) in [4.78, 5) is 13.3. The molecule has 0 bridgehead atoms. The second-order valence-electron chi connectivity index (χ2n) is 4.06. The van der Waals surface area contributed by atoms with Gasteiger partial charge >= 0.3 is 0 Å². The van der Waals surface area contributed by atoms with Crippen LogP contribution < -0.4 is 11.1 Å². The normalized spacial score (nSPS) is 10.0. The fraction of sp³-hybridized carbons (Fsp3) is 0.0667. The van der Waals surface area contributed by atoms with Crippen LogP contribution in [0.25, 0.3) is 0 Å². The molecule has 0 radical (unpaired) electrons.